The Labute approximate surface area is 103 Å². The SMILES string of the molecule is O=C(O)N=c1c2c(=O)ccc(=O)c2n2cc3[nH]c3c12. The van der Waals surface area contributed by atoms with Crippen molar-refractivity contribution in [3.63, 3.8) is 0 Å². The van der Waals surface area contributed by atoms with Crippen LogP contribution in [0, 0.1) is 0 Å². The number of rotatable bonds is 0. The molecular formula is C12H5N3O4. The van der Waals surface area contributed by atoms with Gasteiger partial charge in [-0.1, -0.05) is 0 Å². The van der Waals surface area contributed by atoms with Crippen molar-refractivity contribution < 1.29 is 9.90 Å². The van der Waals surface area contributed by atoms with Crippen LogP contribution in [0.1, 0.15) is 0 Å². The van der Waals surface area contributed by atoms with Gasteiger partial charge in [0.05, 0.1) is 21.9 Å². The summed E-state index contributed by atoms with van der Waals surface area (Å²) in [6.45, 7) is 0. The van der Waals surface area contributed by atoms with Crippen molar-refractivity contribution in [3.05, 3.63) is 44.1 Å². The molecule has 0 aliphatic carbocycles. The van der Waals surface area contributed by atoms with Crippen LogP contribution in [0.25, 0.3) is 27.5 Å². The maximum absolute atomic E-state index is 11.9. The van der Waals surface area contributed by atoms with Crippen LogP contribution < -0.4 is 16.2 Å². The van der Waals surface area contributed by atoms with Gasteiger partial charge in [0.15, 0.2) is 5.43 Å². The third-order valence-corrected chi connectivity index (χ3v) is 3.21. The van der Waals surface area contributed by atoms with E-state index in [1.807, 2.05) is 0 Å². The smallest absolute Gasteiger partial charge is 0.431 e. The number of benzene rings is 1. The standard InChI is InChI=1S/C12H5N3O4/c16-5-1-2-6(17)10-7(5)9(14-12(18)19)11-8-4(13-8)3-15(10)11/h1-3,13H,(H,18,19). The number of amides is 1. The van der Waals surface area contributed by atoms with E-state index in [2.05, 4.69) is 9.98 Å². The molecule has 3 aromatic heterocycles. The van der Waals surface area contributed by atoms with Gasteiger partial charge >= 0.3 is 6.09 Å². The monoisotopic (exact) mass is 255 g/mol. The van der Waals surface area contributed by atoms with Crippen LogP contribution in [0.3, 0.4) is 0 Å². The van der Waals surface area contributed by atoms with E-state index in [1.165, 1.54) is 10.5 Å². The molecule has 4 aromatic rings. The summed E-state index contributed by atoms with van der Waals surface area (Å²) in [7, 11) is 0. The molecule has 0 aliphatic rings. The molecule has 1 aromatic carbocycles. The van der Waals surface area contributed by atoms with E-state index in [0.29, 0.717) is 5.52 Å². The van der Waals surface area contributed by atoms with Gasteiger partial charge in [0.1, 0.15) is 10.9 Å². The molecule has 0 unspecified atom stereocenters. The van der Waals surface area contributed by atoms with Crippen LogP contribution in [0.2, 0.25) is 0 Å². The molecule has 0 aliphatic heterocycles. The predicted molar refractivity (Wildman–Crippen MR) is 66.4 cm³/mol. The van der Waals surface area contributed by atoms with Gasteiger partial charge in [-0.3, -0.25) is 9.59 Å². The highest BCUT2D eigenvalue weighted by Crippen LogP contribution is 2.25. The minimum absolute atomic E-state index is 0.0384. The number of nitrogens with one attached hydrogen (secondary N) is 1. The van der Waals surface area contributed by atoms with E-state index in [4.69, 9.17) is 5.11 Å². The van der Waals surface area contributed by atoms with Crippen molar-refractivity contribution >= 4 is 33.5 Å². The molecule has 0 radical (unpaired) electrons. The first-order valence-electron chi connectivity index (χ1n) is 5.44. The molecule has 7 heteroatoms. The zero-order valence-electron chi connectivity index (χ0n) is 9.30. The summed E-state index contributed by atoms with van der Waals surface area (Å²) in [6.07, 6.45) is 0.259. The van der Waals surface area contributed by atoms with E-state index in [0.717, 1.165) is 17.1 Å². The van der Waals surface area contributed by atoms with E-state index >= 15 is 0 Å². The zero-order chi connectivity index (χ0) is 13.3. The van der Waals surface area contributed by atoms with Crippen LogP contribution in [0.15, 0.2) is 32.9 Å². The number of carboxylic acid groups (broad SMARTS) is 1. The van der Waals surface area contributed by atoms with E-state index in [9.17, 15) is 14.4 Å². The Kier molecular flexibility index (Phi) is 1.52. The molecule has 19 heavy (non-hydrogen) atoms. The normalized spacial score (nSPS) is 13.4. The molecule has 1 amide bonds. The topological polar surface area (TPSA) is 104 Å². The van der Waals surface area contributed by atoms with E-state index in [-0.39, 0.29) is 21.7 Å². The van der Waals surface area contributed by atoms with E-state index in [1.54, 1.807) is 6.20 Å². The van der Waals surface area contributed by atoms with Crippen molar-refractivity contribution in [2.45, 2.75) is 0 Å². The number of nitrogens with zero attached hydrogens (tertiary/aromatic N) is 2. The summed E-state index contributed by atoms with van der Waals surface area (Å²) < 4.78 is 1.53. The Hall–Kier alpha value is -2.96. The van der Waals surface area contributed by atoms with Gasteiger partial charge in [-0.2, -0.15) is 4.99 Å². The molecule has 0 bridgehead atoms. The lowest BCUT2D eigenvalue weighted by atomic mass is 10.2. The summed E-state index contributed by atoms with van der Waals surface area (Å²) >= 11 is 0. The maximum atomic E-state index is 11.9. The minimum Gasteiger partial charge on any atom is -0.463 e. The molecule has 3 heterocycles. The van der Waals surface area contributed by atoms with Crippen molar-refractivity contribution in [3.8, 4) is 0 Å². The fourth-order valence-corrected chi connectivity index (χ4v) is 2.45. The summed E-state index contributed by atoms with van der Waals surface area (Å²) in [6, 6.07) is 2.32. The second-order valence-corrected chi connectivity index (χ2v) is 4.29. The lowest BCUT2D eigenvalue weighted by Gasteiger charge is -1.88. The van der Waals surface area contributed by atoms with Crippen LogP contribution >= 0.6 is 0 Å². The van der Waals surface area contributed by atoms with E-state index < -0.39 is 11.5 Å². The number of hydrogen-bond acceptors (Lipinski definition) is 3. The third kappa shape index (κ3) is 1.11. The number of aromatic amines is 1. The minimum atomic E-state index is -1.40. The van der Waals surface area contributed by atoms with Crippen LogP contribution in [-0.2, 0) is 0 Å². The molecule has 0 spiro atoms. The van der Waals surface area contributed by atoms with Gasteiger partial charge in [0, 0.05) is 6.20 Å². The van der Waals surface area contributed by atoms with Gasteiger partial charge in [0.25, 0.3) is 0 Å². The molecule has 92 valence electrons. The summed E-state index contributed by atoms with van der Waals surface area (Å²) in [5, 5.41) is 8.93. The first-order valence-corrected chi connectivity index (χ1v) is 5.44. The van der Waals surface area contributed by atoms with Gasteiger partial charge in [0.2, 0.25) is 5.43 Å². The fraction of sp³-hybridized carbons (Fsp3) is 0. The third-order valence-electron chi connectivity index (χ3n) is 3.21. The van der Waals surface area contributed by atoms with Crippen LogP contribution in [-0.4, -0.2) is 20.6 Å². The average molecular weight is 255 g/mol. The molecule has 2 N–H and O–H groups in total. The largest absolute Gasteiger partial charge is 0.463 e. The van der Waals surface area contributed by atoms with Crippen LogP contribution in [0.4, 0.5) is 4.79 Å². The molecule has 0 atom stereocenters. The number of aromatic nitrogens is 2. The first kappa shape index (κ1) is 10.0. The fourth-order valence-electron chi connectivity index (χ4n) is 2.45. The Morgan fingerprint density at radius 2 is 1.95 bits per heavy atom. The second-order valence-electron chi connectivity index (χ2n) is 4.29. The highest BCUT2D eigenvalue weighted by Gasteiger charge is 2.21. The summed E-state index contributed by atoms with van der Waals surface area (Å²) in [5.74, 6) is 0. The molecule has 0 saturated heterocycles. The van der Waals surface area contributed by atoms with Crippen molar-refractivity contribution in [2.24, 2.45) is 4.99 Å². The predicted octanol–water partition coefficient (Wildman–Crippen LogP) is 0.186. The Balaban J connectivity index is 2.49. The Morgan fingerprint density at radius 3 is 2.68 bits per heavy atom. The lowest BCUT2D eigenvalue weighted by molar-refractivity contribution is 0.205. The average Bonchev–Trinajstić information content (AvgIpc) is 2.88. The molecular weight excluding hydrogens is 250 g/mol. The Morgan fingerprint density at radius 1 is 1.21 bits per heavy atom. The number of H-pyrrole nitrogens is 1. The van der Waals surface area contributed by atoms with Gasteiger partial charge in [-0.05, 0) is 12.1 Å². The van der Waals surface area contributed by atoms with Gasteiger partial charge < -0.3 is 14.5 Å². The first-order chi connectivity index (χ1) is 9.08. The molecule has 0 saturated carbocycles. The van der Waals surface area contributed by atoms with Crippen LogP contribution in [0.5, 0.6) is 0 Å². The van der Waals surface area contributed by atoms with Crippen molar-refractivity contribution in [1.82, 2.24) is 9.38 Å². The Bertz CT molecular complexity index is 1120. The van der Waals surface area contributed by atoms with Crippen molar-refractivity contribution in [2.75, 3.05) is 0 Å². The highest BCUT2D eigenvalue weighted by atomic mass is 16.4. The van der Waals surface area contributed by atoms with Gasteiger partial charge in [-0.15, -0.1) is 0 Å². The molecule has 7 nitrogen and oxygen atoms in total. The highest BCUT2D eigenvalue weighted by molar-refractivity contribution is 6.06. The number of carbonyl (C=O) groups is 1. The van der Waals surface area contributed by atoms with Gasteiger partial charge in [-0.25, -0.2) is 4.79 Å². The second kappa shape index (κ2) is 2.89. The number of hydrogen-bond donors (Lipinski definition) is 2. The molecule has 0 fully saturated rings. The summed E-state index contributed by atoms with van der Waals surface area (Å²) in [5.41, 5.74) is 1.43. The summed E-state index contributed by atoms with van der Waals surface area (Å²) in [4.78, 5) is 41.0. The lowest BCUT2D eigenvalue weighted by Crippen LogP contribution is -2.15. The van der Waals surface area contributed by atoms with Crippen molar-refractivity contribution in [1.29, 1.82) is 0 Å². The maximum Gasteiger partial charge on any atom is 0.431 e. The molecule has 4 rings (SSSR count). The number of fused-ring (bicyclic) bond motifs is 5. The zero-order valence-corrected chi connectivity index (χ0v) is 9.30. The quantitative estimate of drug-likeness (QED) is 0.468.